The molecule has 6 nitrogen and oxygen atoms in total. The van der Waals surface area contributed by atoms with E-state index < -0.39 is 0 Å². The van der Waals surface area contributed by atoms with E-state index in [1.807, 2.05) is 19.1 Å². The molecule has 3 aromatic rings. The molecule has 0 saturated heterocycles. The van der Waals surface area contributed by atoms with Crippen LogP contribution in [0.25, 0.3) is 10.2 Å². The van der Waals surface area contributed by atoms with Crippen molar-refractivity contribution in [3.8, 4) is 0 Å². The molecular formula is C13H12N4O2S. The maximum Gasteiger partial charge on any atom is 0.263 e. The molecule has 0 aromatic carbocycles. The lowest BCUT2D eigenvalue weighted by Crippen LogP contribution is -2.22. The third-order valence-corrected chi connectivity index (χ3v) is 3.97. The predicted molar refractivity (Wildman–Crippen MR) is 76.4 cm³/mol. The van der Waals surface area contributed by atoms with E-state index in [1.54, 1.807) is 6.07 Å². The highest BCUT2D eigenvalue weighted by Gasteiger charge is 2.17. The van der Waals surface area contributed by atoms with Crippen molar-refractivity contribution in [1.29, 1.82) is 0 Å². The number of amides is 1. The van der Waals surface area contributed by atoms with Crippen LogP contribution in [-0.2, 0) is 6.54 Å². The molecule has 0 saturated carbocycles. The van der Waals surface area contributed by atoms with Crippen LogP contribution in [0.1, 0.15) is 21.1 Å². The summed E-state index contributed by atoms with van der Waals surface area (Å²) in [7, 11) is 0. The van der Waals surface area contributed by atoms with Crippen LogP contribution >= 0.6 is 11.3 Å². The quantitative estimate of drug-likeness (QED) is 0.769. The molecule has 0 bridgehead atoms. The zero-order valence-electron chi connectivity index (χ0n) is 10.7. The molecule has 3 rings (SSSR count). The molecule has 1 amide bonds. The molecule has 102 valence electrons. The van der Waals surface area contributed by atoms with E-state index in [2.05, 4.69) is 15.5 Å². The molecule has 7 heteroatoms. The number of fused-ring (bicyclic) bond motifs is 1. The van der Waals surface area contributed by atoms with E-state index in [9.17, 15) is 4.79 Å². The van der Waals surface area contributed by atoms with Gasteiger partial charge in [0, 0.05) is 17.1 Å². The maximum absolute atomic E-state index is 12.1. The Morgan fingerprint density at radius 3 is 3.05 bits per heavy atom. The van der Waals surface area contributed by atoms with E-state index >= 15 is 0 Å². The summed E-state index contributed by atoms with van der Waals surface area (Å²) >= 11 is 1.29. The van der Waals surface area contributed by atoms with Crippen LogP contribution in [0.4, 0.5) is 5.69 Å². The Morgan fingerprint density at radius 1 is 1.45 bits per heavy atom. The highest BCUT2D eigenvalue weighted by atomic mass is 32.1. The van der Waals surface area contributed by atoms with Crippen molar-refractivity contribution in [3.05, 3.63) is 40.7 Å². The largest absolute Gasteiger partial charge is 0.397 e. The minimum atomic E-state index is -0.230. The number of hydrogen-bond acceptors (Lipinski definition) is 6. The topological polar surface area (TPSA) is 94.0 Å². The Balaban J connectivity index is 1.85. The number of aromatic nitrogens is 2. The number of nitrogens with one attached hydrogen (secondary N) is 1. The molecule has 0 atom stereocenters. The number of hydrogen-bond donors (Lipinski definition) is 2. The first-order valence-corrected chi connectivity index (χ1v) is 6.80. The van der Waals surface area contributed by atoms with E-state index in [-0.39, 0.29) is 5.91 Å². The monoisotopic (exact) mass is 288 g/mol. The van der Waals surface area contributed by atoms with Gasteiger partial charge in [-0.3, -0.25) is 4.79 Å². The van der Waals surface area contributed by atoms with Crippen LogP contribution in [-0.4, -0.2) is 16.0 Å². The number of rotatable bonds is 3. The third-order valence-electron chi connectivity index (χ3n) is 2.86. The number of carbonyl (C=O) groups is 1. The fourth-order valence-electron chi connectivity index (χ4n) is 1.84. The fourth-order valence-corrected chi connectivity index (χ4v) is 2.89. The molecule has 0 spiro atoms. The summed E-state index contributed by atoms with van der Waals surface area (Å²) in [6.45, 7) is 2.20. The average Bonchev–Trinajstić information content (AvgIpc) is 3.04. The Kier molecular flexibility index (Phi) is 3.11. The standard InChI is InChI=1S/C13H12N4O2S/c1-7-2-3-9-10(14)11(20-13(9)16-7)12(18)15-6-8-4-5-19-17-8/h2-5H,6,14H2,1H3,(H,15,18). The summed E-state index contributed by atoms with van der Waals surface area (Å²) in [5.41, 5.74) is 8.04. The van der Waals surface area contributed by atoms with Crippen LogP contribution in [0, 0.1) is 6.92 Å². The lowest BCUT2D eigenvalue weighted by atomic mass is 10.2. The highest BCUT2D eigenvalue weighted by Crippen LogP contribution is 2.32. The number of anilines is 1. The van der Waals surface area contributed by atoms with Gasteiger partial charge in [-0.15, -0.1) is 11.3 Å². The lowest BCUT2D eigenvalue weighted by molar-refractivity contribution is 0.0955. The Labute approximate surface area is 118 Å². The summed E-state index contributed by atoms with van der Waals surface area (Å²) in [6.07, 6.45) is 1.46. The highest BCUT2D eigenvalue weighted by molar-refractivity contribution is 7.21. The molecule has 3 N–H and O–H groups in total. The van der Waals surface area contributed by atoms with E-state index in [0.717, 1.165) is 15.9 Å². The van der Waals surface area contributed by atoms with Crippen molar-refractivity contribution in [2.45, 2.75) is 13.5 Å². The molecule has 0 fully saturated rings. The number of nitrogens with two attached hydrogens (primary N) is 1. The van der Waals surface area contributed by atoms with Gasteiger partial charge in [-0.05, 0) is 19.1 Å². The van der Waals surface area contributed by atoms with Crippen molar-refractivity contribution in [2.75, 3.05) is 5.73 Å². The summed E-state index contributed by atoms with van der Waals surface area (Å²) in [5.74, 6) is -0.230. The molecule has 0 aliphatic rings. The van der Waals surface area contributed by atoms with Gasteiger partial charge in [0.25, 0.3) is 5.91 Å². The van der Waals surface area contributed by atoms with Crippen LogP contribution in [0.5, 0.6) is 0 Å². The minimum absolute atomic E-state index is 0.230. The third kappa shape index (κ3) is 2.23. The fraction of sp³-hybridized carbons (Fsp3) is 0.154. The molecule has 0 aliphatic carbocycles. The van der Waals surface area contributed by atoms with Gasteiger partial charge < -0.3 is 15.6 Å². The average molecular weight is 288 g/mol. The molecule has 0 aliphatic heterocycles. The van der Waals surface area contributed by atoms with Gasteiger partial charge >= 0.3 is 0 Å². The molecule has 3 heterocycles. The number of carbonyl (C=O) groups excluding carboxylic acids is 1. The first-order valence-electron chi connectivity index (χ1n) is 5.98. The molecule has 20 heavy (non-hydrogen) atoms. The Hall–Kier alpha value is -2.41. The second-order valence-electron chi connectivity index (χ2n) is 4.32. The van der Waals surface area contributed by atoms with E-state index in [1.165, 1.54) is 17.6 Å². The van der Waals surface area contributed by atoms with Gasteiger partial charge in [-0.1, -0.05) is 5.16 Å². The first-order chi connectivity index (χ1) is 9.65. The van der Waals surface area contributed by atoms with Gasteiger partial charge in [0.05, 0.1) is 12.2 Å². The summed E-state index contributed by atoms with van der Waals surface area (Å²) < 4.78 is 4.70. The minimum Gasteiger partial charge on any atom is -0.397 e. The van der Waals surface area contributed by atoms with Crippen LogP contribution in [0.15, 0.2) is 29.0 Å². The van der Waals surface area contributed by atoms with Gasteiger partial charge in [0.15, 0.2) is 0 Å². The zero-order valence-corrected chi connectivity index (χ0v) is 11.5. The van der Waals surface area contributed by atoms with Crippen molar-refractivity contribution in [3.63, 3.8) is 0 Å². The van der Waals surface area contributed by atoms with Gasteiger partial charge in [-0.25, -0.2) is 4.98 Å². The zero-order chi connectivity index (χ0) is 14.1. The SMILES string of the molecule is Cc1ccc2c(N)c(C(=O)NCc3ccon3)sc2n1. The first kappa shape index (κ1) is 12.6. The molecule has 0 radical (unpaired) electrons. The Bertz CT molecular complexity index is 764. The second kappa shape index (κ2) is 4.93. The van der Waals surface area contributed by atoms with Crippen molar-refractivity contribution >= 4 is 33.1 Å². The van der Waals surface area contributed by atoms with E-state index in [0.29, 0.717) is 22.8 Å². The molecule has 0 unspecified atom stereocenters. The van der Waals surface area contributed by atoms with Gasteiger partial charge in [-0.2, -0.15) is 0 Å². The second-order valence-corrected chi connectivity index (χ2v) is 5.32. The molecule has 3 aromatic heterocycles. The van der Waals surface area contributed by atoms with Crippen LogP contribution < -0.4 is 11.1 Å². The maximum atomic E-state index is 12.1. The number of aryl methyl sites for hydroxylation is 1. The number of pyridine rings is 1. The van der Waals surface area contributed by atoms with Crippen molar-refractivity contribution in [2.24, 2.45) is 0 Å². The van der Waals surface area contributed by atoms with Gasteiger partial charge in [0.1, 0.15) is 21.7 Å². The van der Waals surface area contributed by atoms with E-state index in [4.69, 9.17) is 10.3 Å². The van der Waals surface area contributed by atoms with Crippen molar-refractivity contribution in [1.82, 2.24) is 15.5 Å². The van der Waals surface area contributed by atoms with Gasteiger partial charge in [0.2, 0.25) is 0 Å². The number of thiophene rings is 1. The van der Waals surface area contributed by atoms with Crippen LogP contribution in [0.2, 0.25) is 0 Å². The van der Waals surface area contributed by atoms with Crippen LogP contribution in [0.3, 0.4) is 0 Å². The smallest absolute Gasteiger partial charge is 0.263 e. The summed E-state index contributed by atoms with van der Waals surface area (Å²) in [6, 6.07) is 5.46. The summed E-state index contributed by atoms with van der Waals surface area (Å²) in [5, 5.41) is 7.30. The number of nitrogens with zero attached hydrogens (tertiary/aromatic N) is 2. The summed E-state index contributed by atoms with van der Waals surface area (Å²) in [4.78, 5) is 17.8. The Morgan fingerprint density at radius 2 is 2.30 bits per heavy atom. The van der Waals surface area contributed by atoms with Crippen molar-refractivity contribution < 1.29 is 9.32 Å². The number of nitrogen functional groups attached to an aromatic ring is 1. The lowest BCUT2D eigenvalue weighted by Gasteiger charge is -2.01. The normalized spacial score (nSPS) is 10.8. The molecular weight excluding hydrogens is 276 g/mol. The predicted octanol–water partition coefficient (Wildman–Crippen LogP) is 2.10.